The van der Waals surface area contributed by atoms with Gasteiger partial charge in [0.15, 0.2) is 5.65 Å². The molecule has 4 rings (SSSR count). The van der Waals surface area contributed by atoms with Gasteiger partial charge in [-0.25, -0.2) is 14.8 Å². The molecule has 0 aliphatic rings. The van der Waals surface area contributed by atoms with E-state index in [2.05, 4.69) is 42.7 Å². The van der Waals surface area contributed by atoms with E-state index >= 15 is 0 Å². The third kappa shape index (κ3) is 6.20. The van der Waals surface area contributed by atoms with Crippen LogP contribution in [0.15, 0.2) is 77.9 Å². The third-order valence-corrected chi connectivity index (χ3v) is 5.13. The predicted molar refractivity (Wildman–Crippen MR) is 133 cm³/mol. The lowest BCUT2D eigenvalue weighted by atomic mass is 10.1. The van der Waals surface area contributed by atoms with Gasteiger partial charge in [-0.1, -0.05) is 48.5 Å². The van der Waals surface area contributed by atoms with Crippen LogP contribution in [0.4, 0.5) is 10.6 Å². The maximum Gasteiger partial charge on any atom is 0.320 e. The van der Waals surface area contributed by atoms with E-state index in [-0.39, 0.29) is 6.03 Å². The highest BCUT2D eigenvalue weighted by atomic mass is 16.2. The zero-order chi connectivity index (χ0) is 22.9. The second-order valence-corrected chi connectivity index (χ2v) is 7.63. The van der Waals surface area contributed by atoms with Gasteiger partial charge in [-0.15, -0.1) is 0 Å². The zero-order valence-electron chi connectivity index (χ0n) is 18.5. The Bertz CT molecular complexity index is 1260. The number of amides is 2. The summed E-state index contributed by atoms with van der Waals surface area (Å²) in [4.78, 5) is 29.9. The number of fused-ring (bicyclic) bond motifs is 1. The summed E-state index contributed by atoms with van der Waals surface area (Å²) in [5.74, 6) is 0.433. The Morgan fingerprint density at radius 1 is 1.00 bits per heavy atom. The van der Waals surface area contributed by atoms with Crippen LogP contribution in [0.1, 0.15) is 24.0 Å². The Balaban J connectivity index is 1.35. The summed E-state index contributed by atoms with van der Waals surface area (Å²) in [5.41, 5.74) is 5.07. The van der Waals surface area contributed by atoms with E-state index in [1.165, 1.54) is 5.56 Å². The van der Waals surface area contributed by atoms with E-state index in [0.29, 0.717) is 29.2 Å². The summed E-state index contributed by atoms with van der Waals surface area (Å²) in [6.45, 7) is 0.605. The van der Waals surface area contributed by atoms with Crippen LogP contribution >= 0.6 is 0 Å². The number of hydrogen-bond donors (Lipinski definition) is 2. The molecule has 0 aliphatic carbocycles. The second kappa shape index (κ2) is 10.9. The molecular weight excluding hydrogens is 412 g/mol. The molecule has 2 aromatic carbocycles. The molecule has 0 radical (unpaired) electrons. The lowest BCUT2D eigenvalue weighted by Gasteiger charge is -2.08. The molecule has 2 N–H and O–H groups in total. The second-order valence-electron chi connectivity index (χ2n) is 7.63. The standard InChI is InChI=1S/C26H26N6O/c1-27-17-20-11-7-12-21(16-20)23-18-29-22-13-14-24(31-25(22)30-23)32-26(33)28-15-6-5-10-19-8-3-2-4-9-19/h2-4,7-9,11-14,16-18H,5-6,10,15H2,1H3,(H2,28,30,31,32,33). The number of aryl methyl sites for hydroxylation is 1. The van der Waals surface area contributed by atoms with Crippen molar-refractivity contribution in [1.29, 1.82) is 0 Å². The molecular formula is C26H26N6O. The number of nitrogens with zero attached hydrogens (tertiary/aromatic N) is 4. The number of carbonyl (C=O) groups excluding carboxylic acids is 1. The van der Waals surface area contributed by atoms with Gasteiger partial charge in [0.05, 0.1) is 11.9 Å². The number of anilines is 1. The third-order valence-electron chi connectivity index (χ3n) is 5.13. The Kier molecular flexibility index (Phi) is 7.33. The Labute approximate surface area is 193 Å². The first kappa shape index (κ1) is 22.1. The summed E-state index contributed by atoms with van der Waals surface area (Å²) in [7, 11) is 1.74. The van der Waals surface area contributed by atoms with E-state index in [1.54, 1.807) is 31.6 Å². The highest BCUT2D eigenvalue weighted by Crippen LogP contribution is 2.20. The first-order chi connectivity index (χ1) is 16.2. The number of rotatable bonds is 8. The first-order valence-electron chi connectivity index (χ1n) is 11.0. The molecule has 2 heterocycles. The molecule has 33 heavy (non-hydrogen) atoms. The SMILES string of the molecule is CN=Cc1cccc(-c2cnc3ccc(NC(=O)NCCCCc4ccccc4)nc3n2)c1. The van der Waals surface area contributed by atoms with Gasteiger partial charge in [0.1, 0.15) is 11.3 Å². The van der Waals surface area contributed by atoms with Crippen molar-refractivity contribution in [2.75, 3.05) is 18.9 Å². The lowest BCUT2D eigenvalue weighted by molar-refractivity contribution is 0.252. The van der Waals surface area contributed by atoms with Crippen molar-refractivity contribution in [3.63, 3.8) is 0 Å². The largest absolute Gasteiger partial charge is 0.338 e. The van der Waals surface area contributed by atoms with Crippen LogP contribution in [0.2, 0.25) is 0 Å². The fraction of sp³-hybridized carbons (Fsp3) is 0.192. The van der Waals surface area contributed by atoms with Gasteiger partial charge < -0.3 is 5.32 Å². The number of aliphatic imine (C=N–C) groups is 1. The summed E-state index contributed by atoms with van der Waals surface area (Å²) >= 11 is 0. The van der Waals surface area contributed by atoms with Crippen molar-refractivity contribution in [3.8, 4) is 11.3 Å². The summed E-state index contributed by atoms with van der Waals surface area (Å²) < 4.78 is 0. The normalized spacial score (nSPS) is 11.1. The average Bonchev–Trinajstić information content (AvgIpc) is 2.84. The quantitative estimate of drug-likeness (QED) is 0.303. The van der Waals surface area contributed by atoms with E-state index in [1.807, 2.05) is 42.5 Å². The maximum absolute atomic E-state index is 12.3. The van der Waals surface area contributed by atoms with Crippen molar-refractivity contribution in [2.45, 2.75) is 19.3 Å². The lowest BCUT2D eigenvalue weighted by Crippen LogP contribution is -2.29. The highest BCUT2D eigenvalue weighted by molar-refractivity contribution is 5.89. The molecule has 0 atom stereocenters. The number of hydrogen-bond acceptors (Lipinski definition) is 5. The number of benzene rings is 2. The molecule has 7 nitrogen and oxygen atoms in total. The maximum atomic E-state index is 12.3. The molecule has 2 amide bonds. The fourth-order valence-electron chi connectivity index (χ4n) is 3.50. The zero-order valence-corrected chi connectivity index (χ0v) is 18.5. The molecule has 0 aliphatic heterocycles. The van der Waals surface area contributed by atoms with Crippen molar-refractivity contribution in [2.24, 2.45) is 4.99 Å². The van der Waals surface area contributed by atoms with Gasteiger partial charge in [0.25, 0.3) is 0 Å². The number of urea groups is 1. The minimum absolute atomic E-state index is 0.280. The summed E-state index contributed by atoms with van der Waals surface area (Å²) in [6.07, 6.45) is 6.44. The number of aromatic nitrogens is 3. The average molecular weight is 439 g/mol. The van der Waals surface area contributed by atoms with Crippen molar-refractivity contribution < 1.29 is 4.79 Å². The molecule has 0 fully saturated rings. The Morgan fingerprint density at radius 3 is 2.73 bits per heavy atom. The van der Waals surface area contributed by atoms with Gasteiger partial charge in [-0.2, -0.15) is 0 Å². The van der Waals surface area contributed by atoms with Crippen molar-refractivity contribution in [1.82, 2.24) is 20.3 Å². The van der Waals surface area contributed by atoms with Gasteiger partial charge in [-0.05, 0) is 48.6 Å². The molecule has 0 spiro atoms. The minimum Gasteiger partial charge on any atom is -0.338 e. The molecule has 0 saturated heterocycles. The molecule has 0 bridgehead atoms. The molecule has 0 saturated carbocycles. The first-order valence-corrected chi connectivity index (χ1v) is 11.0. The van der Waals surface area contributed by atoms with Crippen LogP contribution in [0, 0.1) is 0 Å². The van der Waals surface area contributed by atoms with E-state index in [4.69, 9.17) is 0 Å². The molecule has 7 heteroatoms. The van der Waals surface area contributed by atoms with Crippen LogP contribution in [0.25, 0.3) is 22.4 Å². The summed E-state index contributed by atoms with van der Waals surface area (Å²) in [5, 5.41) is 5.66. The van der Waals surface area contributed by atoms with Crippen molar-refractivity contribution >= 4 is 29.2 Å². The Morgan fingerprint density at radius 2 is 1.88 bits per heavy atom. The smallest absolute Gasteiger partial charge is 0.320 e. The fourth-order valence-corrected chi connectivity index (χ4v) is 3.50. The number of unbranched alkanes of at least 4 members (excludes halogenated alkanes) is 1. The topological polar surface area (TPSA) is 92.2 Å². The number of pyridine rings is 1. The van der Waals surface area contributed by atoms with Crippen LogP contribution < -0.4 is 10.6 Å². The summed E-state index contributed by atoms with van der Waals surface area (Å²) in [6, 6.07) is 21.5. The molecule has 166 valence electrons. The number of carbonyl (C=O) groups is 1. The van der Waals surface area contributed by atoms with Crippen LogP contribution in [0.3, 0.4) is 0 Å². The van der Waals surface area contributed by atoms with Crippen LogP contribution in [-0.4, -0.2) is 40.8 Å². The molecule has 2 aromatic heterocycles. The van der Waals surface area contributed by atoms with Crippen molar-refractivity contribution in [3.05, 3.63) is 84.1 Å². The van der Waals surface area contributed by atoms with Gasteiger partial charge in [0, 0.05) is 25.4 Å². The molecule has 4 aromatic rings. The Hall–Kier alpha value is -4.13. The van der Waals surface area contributed by atoms with E-state index in [9.17, 15) is 4.79 Å². The predicted octanol–water partition coefficient (Wildman–Crippen LogP) is 4.88. The van der Waals surface area contributed by atoms with Gasteiger partial charge in [-0.3, -0.25) is 15.3 Å². The highest BCUT2D eigenvalue weighted by Gasteiger charge is 2.08. The minimum atomic E-state index is -0.280. The monoisotopic (exact) mass is 438 g/mol. The van der Waals surface area contributed by atoms with Gasteiger partial charge in [0.2, 0.25) is 0 Å². The number of nitrogens with one attached hydrogen (secondary N) is 2. The van der Waals surface area contributed by atoms with Crippen LogP contribution in [-0.2, 0) is 6.42 Å². The van der Waals surface area contributed by atoms with E-state index in [0.717, 1.165) is 30.4 Å². The van der Waals surface area contributed by atoms with Crippen LogP contribution in [0.5, 0.6) is 0 Å². The molecule has 0 unspecified atom stereocenters. The van der Waals surface area contributed by atoms with E-state index < -0.39 is 0 Å². The van der Waals surface area contributed by atoms with Gasteiger partial charge >= 0.3 is 6.03 Å².